The summed E-state index contributed by atoms with van der Waals surface area (Å²) in [5.41, 5.74) is 8.87. The van der Waals surface area contributed by atoms with Gasteiger partial charge in [-0.25, -0.2) is 15.4 Å². The third-order valence-corrected chi connectivity index (χ3v) is 4.76. The number of nitrogens with zero attached hydrogens (tertiary/aromatic N) is 3. The van der Waals surface area contributed by atoms with Gasteiger partial charge in [-0.3, -0.25) is 0 Å². The fraction of sp³-hybridized carbons (Fsp3) is 0.556. The largest absolute Gasteiger partial charge is 0.495 e. The molecule has 3 aliphatic rings. The summed E-state index contributed by atoms with van der Waals surface area (Å²) in [6.45, 7) is 7.36. The van der Waals surface area contributed by atoms with Crippen LogP contribution in [0.15, 0.2) is 36.0 Å². The molecule has 0 bridgehead atoms. The van der Waals surface area contributed by atoms with Crippen molar-refractivity contribution in [2.45, 2.75) is 32.4 Å². The third-order valence-electron chi connectivity index (χ3n) is 4.76. The summed E-state index contributed by atoms with van der Waals surface area (Å²) in [6, 6.07) is 2.20. The number of ether oxygens (including phenoxy) is 2. The minimum absolute atomic E-state index is 0.105. The summed E-state index contributed by atoms with van der Waals surface area (Å²) in [4.78, 5) is 11.2. The Morgan fingerprint density at radius 1 is 1.24 bits per heavy atom. The molecule has 1 aromatic heterocycles. The summed E-state index contributed by atoms with van der Waals surface area (Å²) >= 11 is 0. The Bertz CT molecular complexity index is 682. The number of hydrogen-bond acceptors (Lipinski definition) is 7. The summed E-state index contributed by atoms with van der Waals surface area (Å²) in [7, 11) is 0. The van der Waals surface area contributed by atoms with Crippen LogP contribution in [0, 0.1) is 5.92 Å². The van der Waals surface area contributed by atoms with Crippen molar-refractivity contribution in [3.05, 3.63) is 41.7 Å². The molecule has 1 aliphatic carbocycles. The van der Waals surface area contributed by atoms with Crippen molar-refractivity contribution in [3.8, 4) is 0 Å². The van der Waals surface area contributed by atoms with Crippen LogP contribution in [0.4, 0.5) is 5.82 Å². The Hall–Kier alpha value is -2.12. The zero-order valence-electron chi connectivity index (χ0n) is 14.7. The molecule has 1 aromatic rings. The number of nitrogens with one attached hydrogen (secondary N) is 2. The Morgan fingerprint density at radius 2 is 2.08 bits per heavy atom. The standard InChI is InChI=1S/C18H25N5O2/c1-12(2)25-13-3-4-15-14(9-13)18(22-21-15)16-10-17(20-11-19-16)23-5-7-24-8-6-23/h3-4,10-12,14,18,21-22H,5-9H2,1-2H3/t14?,18-/m1/s1. The predicted octanol–water partition coefficient (Wildman–Crippen LogP) is 1.67. The molecular weight excluding hydrogens is 318 g/mol. The summed E-state index contributed by atoms with van der Waals surface area (Å²) in [5, 5.41) is 0. The van der Waals surface area contributed by atoms with Gasteiger partial charge >= 0.3 is 0 Å². The second-order valence-corrected chi connectivity index (χ2v) is 6.88. The molecule has 0 saturated carbocycles. The molecule has 2 fully saturated rings. The number of hydrazine groups is 1. The quantitative estimate of drug-likeness (QED) is 0.862. The molecule has 4 rings (SSSR count). The molecule has 0 radical (unpaired) electrons. The molecule has 0 amide bonds. The fourth-order valence-electron chi connectivity index (χ4n) is 3.56. The van der Waals surface area contributed by atoms with E-state index in [9.17, 15) is 0 Å². The molecule has 7 nitrogen and oxygen atoms in total. The highest BCUT2D eigenvalue weighted by atomic mass is 16.5. The zero-order valence-corrected chi connectivity index (χ0v) is 14.7. The number of aromatic nitrogens is 2. The lowest BCUT2D eigenvalue weighted by atomic mass is 9.88. The Kier molecular flexibility index (Phi) is 4.59. The molecule has 7 heteroatoms. The molecule has 2 N–H and O–H groups in total. The topological polar surface area (TPSA) is 71.5 Å². The summed E-state index contributed by atoms with van der Waals surface area (Å²) < 4.78 is 11.3. The van der Waals surface area contributed by atoms with Gasteiger partial charge in [-0.2, -0.15) is 0 Å². The first-order valence-electron chi connectivity index (χ1n) is 8.94. The van der Waals surface area contributed by atoms with Crippen LogP contribution < -0.4 is 15.8 Å². The lowest BCUT2D eigenvalue weighted by Crippen LogP contribution is -2.37. The monoisotopic (exact) mass is 343 g/mol. The van der Waals surface area contributed by atoms with Crippen LogP contribution in [0.2, 0.25) is 0 Å². The summed E-state index contributed by atoms with van der Waals surface area (Å²) in [6.07, 6.45) is 6.87. The number of morpholine rings is 1. The van der Waals surface area contributed by atoms with Crippen molar-refractivity contribution in [2.75, 3.05) is 31.2 Å². The van der Waals surface area contributed by atoms with Crippen molar-refractivity contribution < 1.29 is 9.47 Å². The maximum Gasteiger partial charge on any atom is 0.132 e. The molecule has 25 heavy (non-hydrogen) atoms. The molecule has 0 spiro atoms. The molecule has 2 atom stereocenters. The van der Waals surface area contributed by atoms with Gasteiger partial charge in [-0.15, -0.1) is 0 Å². The van der Waals surface area contributed by atoms with Gasteiger partial charge in [0, 0.05) is 37.2 Å². The Morgan fingerprint density at radius 3 is 2.88 bits per heavy atom. The van der Waals surface area contributed by atoms with Crippen LogP contribution in [-0.2, 0) is 9.47 Å². The van der Waals surface area contributed by atoms with Crippen molar-refractivity contribution in [1.29, 1.82) is 0 Å². The van der Waals surface area contributed by atoms with Crippen molar-refractivity contribution >= 4 is 5.82 Å². The average molecular weight is 343 g/mol. The highest BCUT2D eigenvalue weighted by Crippen LogP contribution is 2.38. The molecular formula is C18H25N5O2. The van der Waals surface area contributed by atoms with Gasteiger partial charge in [0.05, 0.1) is 36.8 Å². The normalized spacial score (nSPS) is 26.0. The molecule has 3 heterocycles. The number of fused-ring (bicyclic) bond motifs is 1. The van der Waals surface area contributed by atoms with Gasteiger partial charge in [0.25, 0.3) is 0 Å². The van der Waals surface area contributed by atoms with Crippen LogP contribution in [-0.4, -0.2) is 42.4 Å². The van der Waals surface area contributed by atoms with E-state index in [1.807, 2.05) is 0 Å². The number of anilines is 1. The smallest absolute Gasteiger partial charge is 0.132 e. The second-order valence-electron chi connectivity index (χ2n) is 6.88. The first-order chi connectivity index (χ1) is 12.2. The molecule has 134 valence electrons. The van der Waals surface area contributed by atoms with Gasteiger partial charge in [0.2, 0.25) is 0 Å². The minimum atomic E-state index is 0.105. The lowest BCUT2D eigenvalue weighted by Gasteiger charge is -2.28. The minimum Gasteiger partial charge on any atom is -0.495 e. The van der Waals surface area contributed by atoms with Gasteiger partial charge in [-0.1, -0.05) is 0 Å². The fourth-order valence-corrected chi connectivity index (χ4v) is 3.56. The SMILES string of the molecule is CC(C)OC1=CC=C2NN[C@@H](c3cc(N4CCOCC4)ncn3)C2C1. The third kappa shape index (κ3) is 3.48. The molecule has 1 unspecified atom stereocenters. The van der Waals surface area contributed by atoms with Gasteiger partial charge in [0.1, 0.15) is 12.1 Å². The Labute approximate surface area is 148 Å². The Balaban J connectivity index is 1.52. The average Bonchev–Trinajstić information content (AvgIpc) is 3.05. The van der Waals surface area contributed by atoms with E-state index >= 15 is 0 Å². The molecule has 2 aliphatic heterocycles. The van der Waals surface area contributed by atoms with Crippen LogP contribution >= 0.6 is 0 Å². The van der Waals surface area contributed by atoms with Crippen molar-refractivity contribution in [1.82, 2.24) is 20.8 Å². The van der Waals surface area contributed by atoms with E-state index in [2.05, 4.69) is 57.8 Å². The van der Waals surface area contributed by atoms with Crippen LogP contribution in [0.25, 0.3) is 0 Å². The lowest BCUT2D eigenvalue weighted by molar-refractivity contribution is 0.122. The van der Waals surface area contributed by atoms with Gasteiger partial charge in [-0.05, 0) is 26.0 Å². The van der Waals surface area contributed by atoms with E-state index in [0.29, 0.717) is 5.92 Å². The maximum absolute atomic E-state index is 5.91. The van der Waals surface area contributed by atoms with Crippen molar-refractivity contribution in [3.63, 3.8) is 0 Å². The van der Waals surface area contributed by atoms with E-state index in [-0.39, 0.29) is 12.1 Å². The number of rotatable bonds is 4. The first kappa shape index (κ1) is 16.4. The molecule has 2 saturated heterocycles. The van der Waals surface area contributed by atoms with Crippen molar-refractivity contribution in [2.24, 2.45) is 5.92 Å². The number of hydrogen-bond donors (Lipinski definition) is 2. The van der Waals surface area contributed by atoms with E-state index in [1.54, 1.807) is 6.33 Å². The summed E-state index contributed by atoms with van der Waals surface area (Å²) in [5.74, 6) is 2.30. The van der Waals surface area contributed by atoms with Crippen LogP contribution in [0.1, 0.15) is 32.0 Å². The first-order valence-corrected chi connectivity index (χ1v) is 8.94. The number of allylic oxidation sites excluding steroid dienone is 3. The van der Waals surface area contributed by atoms with Crippen LogP contribution in [0.3, 0.4) is 0 Å². The predicted molar refractivity (Wildman–Crippen MR) is 94.6 cm³/mol. The van der Waals surface area contributed by atoms with Crippen LogP contribution in [0.5, 0.6) is 0 Å². The van der Waals surface area contributed by atoms with E-state index in [0.717, 1.165) is 50.0 Å². The van der Waals surface area contributed by atoms with E-state index in [4.69, 9.17) is 9.47 Å². The van der Waals surface area contributed by atoms with Gasteiger partial charge in [0.15, 0.2) is 0 Å². The molecule has 0 aromatic carbocycles. The van der Waals surface area contributed by atoms with E-state index < -0.39 is 0 Å². The highest BCUT2D eigenvalue weighted by molar-refractivity contribution is 5.41. The van der Waals surface area contributed by atoms with E-state index in [1.165, 1.54) is 5.70 Å². The maximum atomic E-state index is 5.91. The zero-order chi connectivity index (χ0) is 17.2. The second kappa shape index (κ2) is 7.01. The highest BCUT2D eigenvalue weighted by Gasteiger charge is 2.36. The van der Waals surface area contributed by atoms with Gasteiger partial charge < -0.3 is 19.8 Å².